The van der Waals surface area contributed by atoms with E-state index in [0.29, 0.717) is 32.0 Å². The van der Waals surface area contributed by atoms with Crippen LogP contribution in [0.15, 0.2) is 0 Å². The van der Waals surface area contributed by atoms with Gasteiger partial charge >= 0.3 is 5.97 Å². The van der Waals surface area contributed by atoms with Gasteiger partial charge in [0.05, 0.1) is 5.41 Å². The highest BCUT2D eigenvalue weighted by Crippen LogP contribution is 2.31. The molecule has 0 aromatic heterocycles. The third-order valence-corrected chi connectivity index (χ3v) is 2.79. The van der Waals surface area contributed by atoms with Crippen molar-refractivity contribution in [1.82, 2.24) is 0 Å². The van der Waals surface area contributed by atoms with E-state index >= 15 is 0 Å². The average molecular weight is 231 g/mol. The molecule has 0 fully saturated rings. The van der Waals surface area contributed by atoms with Crippen molar-refractivity contribution in [1.29, 1.82) is 0 Å². The summed E-state index contributed by atoms with van der Waals surface area (Å²) in [5, 5.41) is 9.31. The van der Waals surface area contributed by atoms with Crippen molar-refractivity contribution in [2.45, 2.75) is 40.0 Å². The second kappa shape index (κ2) is 7.63. The first-order valence-electron chi connectivity index (χ1n) is 5.99. The molecule has 4 heteroatoms. The summed E-state index contributed by atoms with van der Waals surface area (Å²) in [7, 11) is 0. The molecule has 0 heterocycles. The highest BCUT2D eigenvalue weighted by molar-refractivity contribution is 5.74. The molecule has 0 aliphatic rings. The molecule has 96 valence electrons. The van der Waals surface area contributed by atoms with Crippen LogP contribution >= 0.6 is 0 Å². The van der Waals surface area contributed by atoms with E-state index in [9.17, 15) is 9.90 Å². The Morgan fingerprint density at radius 1 is 1.50 bits per heavy atom. The first kappa shape index (κ1) is 15.4. The molecular formula is C12H25NO3. The smallest absolute Gasteiger partial charge is 0.310 e. The third kappa shape index (κ3) is 4.94. The number of carboxylic acids is 1. The van der Waals surface area contributed by atoms with Crippen LogP contribution in [0.3, 0.4) is 0 Å². The van der Waals surface area contributed by atoms with E-state index < -0.39 is 11.4 Å². The van der Waals surface area contributed by atoms with Crippen molar-refractivity contribution in [2.24, 2.45) is 17.1 Å². The van der Waals surface area contributed by atoms with Gasteiger partial charge in [-0.15, -0.1) is 0 Å². The van der Waals surface area contributed by atoms with Gasteiger partial charge in [-0.25, -0.2) is 0 Å². The molecule has 0 saturated heterocycles. The van der Waals surface area contributed by atoms with E-state index in [1.807, 2.05) is 20.8 Å². The van der Waals surface area contributed by atoms with Crippen LogP contribution in [0.1, 0.15) is 40.0 Å². The van der Waals surface area contributed by atoms with Gasteiger partial charge in [0.1, 0.15) is 0 Å². The number of hydrogen-bond donors (Lipinski definition) is 2. The van der Waals surface area contributed by atoms with Crippen LogP contribution in [0.25, 0.3) is 0 Å². The maximum absolute atomic E-state index is 11.3. The minimum atomic E-state index is -0.778. The topological polar surface area (TPSA) is 72.5 Å². The molecule has 1 atom stereocenters. The number of nitrogens with two attached hydrogens (primary N) is 1. The molecule has 0 rings (SSSR count). The monoisotopic (exact) mass is 231 g/mol. The summed E-state index contributed by atoms with van der Waals surface area (Å²) in [5.74, 6) is -0.438. The van der Waals surface area contributed by atoms with E-state index in [1.54, 1.807) is 0 Å². The molecule has 0 spiro atoms. The molecule has 1 unspecified atom stereocenters. The fourth-order valence-electron chi connectivity index (χ4n) is 2.01. The van der Waals surface area contributed by atoms with E-state index in [1.165, 1.54) is 0 Å². The van der Waals surface area contributed by atoms with Crippen LogP contribution in [0.5, 0.6) is 0 Å². The maximum Gasteiger partial charge on any atom is 0.310 e. The Morgan fingerprint density at radius 3 is 2.50 bits per heavy atom. The number of carboxylic acid groups (broad SMARTS) is 1. The molecule has 0 saturated carbocycles. The number of aliphatic carboxylic acids is 1. The Labute approximate surface area is 98.2 Å². The molecule has 16 heavy (non-hydrogen) atoms. The van der Waals surface area contributed by atoms with Crippen LogP contribution in [0.4, 0.5) is 0 Å². The number of hydrogen-bond acceptors (Lipinski definition) is 3. The summed E-state index contributed by atoms with van der Waals surface area (Å²) in [6, 6.07) is 0. The Hall–Kier alpha value is -0.610. The van der Waals surface area contributed by atoms with E-state index in [-0.39, 0.29) is 6.54 Å². The summed E-state index contributed by atoms with van der Waals surface area (Å²) < 4.78 is 5.22. The van der Waals surface area contributed by atoms with Gasteiger partial charge in [-0.2, -0.15) is 0 Å². The van der Waals surface area contributed by atoms with Crippen molar-refractivity contribution in [3.05, 3.63) is 0 Å². The van der Waals surface area contributed by atoms with Gasteiger partial charge in [0.2, 0.25) is 0 Å². The van der Waals surface area contributed by atoms with Crippen molar-refractivity contribution in [3.63, 3.8) is 0 Å². The van der Waals surface area contributed by atoms with Gasteiger partial charge in [-0.05, 0) is 32.1 Å². The largest absolute Gasteiger partial charge is 0.481 e. The van der Waals surface area contributed by atoms with Crippen LogP contribution in [0, 0.1) is 11.3 Å². The van der Waals surface area contributed by atoms with E-state index in [4.69, 9.17) is 10.5 Å². The molecule has 0 amide bonds. The first-order valence-corrected chi connectivity index (χ1v) is 5.99. The lowest BCUT2D eigenvalue weighted by Gasteiger charge is -2.29. The van der Waals surface area contributed by atoms with Gasteiger partial charge in [0, 0.05) is 19.8 Å². The predicted molar refractivity (Wildman–Crippen MR) is 64.3 cm³/mol. The van der Waals surface area contributed by atoms with Crippen molar-refractivity contribution < 1.29 is 14.6 Å². The van der Waals surface area contributed by atoms with Gasteiger partial charge in [-0.1, -0.05) is 13.8 Å². The van der Waals surface area contributed by atoms with Crippen molar-refractivity contribution in [3.8, 4) is 0 Å². The summed E-state index contributed by atoms with van der Waals surface area (Å²) >= 11 is 0. The van der Waals surface area contributed by atoms with Crippen LogP contribution in [0.2, 0.25) is 0 Å². The Morgan fingerprint density at radius 2 is 2.12 bits per heavy atom. The predicted octanol–water partition coefficient (Wildman–Crippen LogP) is 1.88. The number of carbonyl (C=O) groups is 1. The lowest BCUT2D eigenvalue weighted by atomic mass is 9.76. The Balaban J connectivity index is 4.34. The lowest BCUT2D eigenvalue weighted by Crippen LogP contribution is -2.40. The van der Waals surface area contributed by atoms with Crippen molar-refractivity contribution in [2.75, 3.05) is 19.8 Å². The Bertz CT molecular complexity index is 206. The molecule has 0 aliphatic heterocycles. The minimum Gasteiger partial charge on any atom is -0.481 e. The normalized spacial score (nSPS) is 15.1. The minimum absolute atomic E-state index is 0.201. The molecule has 3 N–H and O–H groups in total. The first-order chi connectivity index (χ1) is 7.48. The highest BCUT2D eigenvalue weighted by Gasteiger charge is 2.37. The summed E-state index contributed by atoms with van der Waals surface area (Å²) in [6.45, 7) is 7.47. The van der Waals surface area contributed by atoms with Gasteiger partial charge in [0.15, 0.2) is 0 Å². The molecule has 0 aromatic carbocycles. The lowest BCUT2D eigenvalue weighted by molar-refractivity contribution is -0.150. The van der Waals surface area contributed by atoms with Gasteiger partial charge < -0.3 is 15.6 Å². The zero-order chi connectivity index (χ0) is 12.6. The summed E-state index contributed by atoms with van der Waals surface area (Å²) in [6.07, 6.45) is 1.98. The maximum atomic E-state index is 11.3. The zero-order valence-electron chi connectivity index (χ0n) is 10.7. The third-order valence-electron chi connectivity index (χ3n) is 2.79. The molecular weight excluding hydrogens is 206 g/mol. The van der Waals surface area contributed by atoms with Gasteiger partial charge in [-0.3, -0.25) is 4.79 Å². The summed E-state index contributed by atoms with van der Waals surface area (Å²) in [5.41, 5.74) is 4.88. The molecule has 0 bridgehead atoms. The standard InChI is InChI=1S/C12H25NO3/c1-4-16-7-5-6-12(9-13,11(14)15)8-10(2)3/h10H,4-9,13H2,1-3H3,(H,14,15). The zero-order valence-corrected chi connectivity index (χ0v) is 10.7. The van der Waals surface area contributed by atoms with E-state index in [0.717, 1.165) is 6.42 Å². The Kier molecular flexibility index (Phi) is 7.34. The number of rotatable bonds is 9. The molecule has 0 aliphatic carbocycles. The second-order valence-corrected chi connectivity index (χ2v) is 4.69. The van der Waals surface area contributed by atoms with Gasteiger partial charge in [0.25, 0.3) is 0 Å². The second-order valence-electron chi connectivity index (χ2n) is 4.69. The number of ether oxygens (including phenoxy) is 1. The molecule has 0 aromatic rings. The fraction of sp³-hybridized carbons (Fsp3) is 0.917. The van der Waals surface area contributed by atoms with Crippen LogP contribution in [-0.4, -0.2) is 30.8 Å². The van der Waals surface area contributed by atoms with Crippen molar-refractivity contribution >= 4 is 5.97 Å². The quantitative estimate of drug-likeness (QED) is 0.594. The van der Waals surface area contributed by atoms with Crippen LogP contribution in [-0.2, 0) is 9.53 Å². The summed E-state index contributed by atoms with van der Waals surface area (Å²) in [4.78, 5) is 11.3. The highest BCUT2D eigenvalue weighted by atomic mass is 16.5. The molecule has 4 nitrogen and oxygen atoms in total. The molecule has 0 radical (unpaired) electrons. The van der Waals surface area contributed by atoms with Crippen LogP contribution < -0.4 is 5.73 Å². The average Bonchev–Trinajstić information content (AvgIpc) is 2.21. The SMILES string of the molecule is CCOCCCC(CN)(CC(C)C)C(=O)O. The fourth-order valence-corrected chi connectivity index (χ4v) is 2.01. The van der Waals surface area contributed by atoms with E-state index in [2.05, 4.69) is 0 Å².